The minimum Gasteiger partial charge on any atom is -0.438 e. The molecule has 3 N–H and O–H groups in total. The lowest BCUT2D eigenvalue weighted by molar-refractivity contribution is -0.137. The van der Waals surface area contributed by atoms with Crippen molar-refractivity contribution in [1.29, 1.82) is 0 Å². The molecule has 0 bridgehead atoms. The van der Waals surface area contributed by atoms with E-state index in [1.54, 1.807) is 44.6 Å². The number of anilines is 2. The molecular weight excluding hydrogens is 485 g/mol. The van der Waals surface area contributed by atoms with E-state index in [9.17, 15) is 18.0 Å². The van der Waals surface area contributed by atoms with E-state index in [1.165, 1.54) is 30.5 Å². The van der Waals surface area contributed by atoms with Gasteiger partial charge in [0.05, 0.1) is 11.1 Å². The highest BCUT2D eigenvalue weighted by Gasteiger charge is 2.30. The first-order valence-corrected chi connectivity index (χ1v) is 10.9. The molecule has 11 heteroatoms. The lowest BCUT2D eigenvalue weighted by atomic mass is 10.1. The first-order chi connectivity index (χ1) is 17.7. The van der Waals surface area contributed by atoms with E-state index in [0.29, 0.717) is 16.7 Å². The summed E-state index contributed by atoms with van der Waals surface area (Å²) in [7, 11) is 1.56. The number of aliphatic imine (C=N–C) groups is 1. The standard InChI is InChI=1S/C26H21F3N6O2/c1-15-8-9-16(24(36)33-19-7-3-6-18(12-19)26(27,28)29)11-21(15)37-25-20(14-31-2)22(30)34-23(35-25)17-5-4-10-32-13-17/h3-14H,1-2H3,(H,33,36)(H2,30,34,35). The number of nitrogens with zero attached hydrogens (tertiary/aromatic N) is 4. The van der Waals surface area contributed by atoms with Gasteiger partial charge in [-0.05, 0) is 55.0 Å². The van der Waals surface area contributed by atoms with Crippen LogP contribution in [0.25, 0.3) is 11.4 Å². The molecule has 0 atom stereocenters. The van der Waals surface area contributed by atoms with Gasteiger partial charge < -0.3 is 15.8 Å². The molecule has 0 radical (unpaired) electrons. The molecule has 0 spiro atoms. The van der Waals surface area contributed by atoms with E-state index < -0.39 is 17.6 Å². The lowest BCUT2D eigenvalue weighted by Crippen LogP contribution is -2.13. The van der Waals surface area contributed by atoms with Crippen molar-refractivity contribution in [2.45, 2.75) is 13.1 Å². The van der Waals surface area contributed by atoms with E-state index in [4.69, 9.17) is 10.5 Å². The molecule has 37 heavy (non-hydrogen) atoms. The molecule has 0 aliphatic carbocycles. The fraction of sp³-hybridized carbons (Fsp3) is 0.115. The third-order valence-corrected chi connectivity index (χ3v) is 5.22. The van der Waals surface area contributed by atoms with Gasteiger partial charge in [-0.3, -0.25) is 14.8 Å². The van der Waals surface area contributed by atoms with E-state index in [1.807, 2.05) is 0 Å². The highest BCUT2D eigenvalue weighted by molar-refractivity contribution is 6.04. The summed E-state index contributed by atoms with van der Waals surface area (Å²) >= 11 is 0. The van der Waals surface area contributed by atoms with Crippen molar-refractivity contribution in [1.82, 2.24) is 15.0 Å². The first kappa shape index (κ1) is 25.3. The Balaban J connectivity index is 1.66. The molecule has 0 aliphatic rings. The summed E-state index contributed by atoms with van der Waals surface area (Å²) in [6.07, 6.45) is 0.119. The minimum absolute atomic E-state index is 0.00833. The number of carbonyl (C=O) groups excluding carboxylic acids is 1. The van der Waals surface area contributed by atoms with Gasteiger partial charge in [0.15, 0.2) is 5.82 Å². The van der Waals surface area contributed by atoms with Crippen LogP contribution in [0.3, 0.4) is 0 Å². The van der Waals surface area contributed by atoms with E-state index in [2.05, 4.69) is 25.3 Å². The predicted octanol–water partition coefficient (Wildman–Crippen LogP) is 5.54. The fourth-order valence-corrected chi connectivity index (χ4v) is 3.35. The Morgan fingerprint density at radius 1 is 1.11 bits per heavy atom. The highest BCUT2D eigenvalue weighted by Crippen LogP contribution is 2.32. The number of alkyl halides is 3. The Labute approximate surface area is 210 Å². The molecule has 0 unspecified atom stereocenters. The molecule has 0 fully saturated rings. The summed E-state index contributed by atoms with van der Waals surface area (Å²) in [5.74, 6) is 0.196. The zero-order valence-electron chi connectivity index (χ0n) is 19.7. The summed E-state index contributed by atoms with van der Waals surface area (Å²) in [5.41, 5.74) is 7.10. The van der Waals surface area contributed by atoms with Gasteiger partial charge in [0.25, 0.3) is 5.91 Å². The first-order valence-electron chi connectivity index (χ1n) is 10.9. The second-order valence-electron chi connectivity index (χ2n) is 7.90. The number of rotatable bonds is 6. The van der Waals surface area contributed by atoms with Crippen LogP contribution >= 0.6 is 0 Å². The number of hydrogen-bond donors (Lipinski definition) is 2. The normalized spacial score (nSPS) is 11.5. The molecule has 2 heterocycles. The third kappa shape index (κ3) is 5.89. The molecule has 2 aromatic carbocycles. The monoisotopic (exact) mass is 506 g/mol. The number of amides is 1. The van der Waals surface area contributed by atoms with Crippen LogP contribution in [0.1, 0.15) is 27.0 Å². The highest BCUT2D eigenvalue weighted by atomic mass is 19.4. The maximum Gasteiger partial charge on any atom is 0.416 e. The SMILES string of the molecule is CN=Cc1c(N)nc(-c2cccnc2)nc1Oc1cc(C(=O)Nc2cccc(C(F)(F)F)c2)ccc1C. The van der Waals surface area contributed by atoms with Gasteiger partial charge in [-0.25, -0.2) is 4.98 Å². The zero-order chi connectivity index (χ0) is 26.6. The summed E-state index contributed by atoms with van der Waals surface area (Å²) in [6, 6.07) is 12.5. The van der Waals surface area contributed by atoms with Gasteiger partial charge in [-0.2, -0.15) is 18.2 Å². The summed E-state index contributed by atoms with van der Waals surface area (Å²) < 4.78 is 45.1. The molecule has 188 valence electrons. The number of ether oxygens (including phenoxy) is 1. The van der Waals surface area contributed by atoms with E-state index in [0.717, 1.165) is 12.1 Å². The zero-order valence-corrected chi connectivity index (χ0v) is 19.7. The van der Waals surface area contributed by atoms with Crippen LogP contribution in [0.2, 0.25) is 0 Å². The summed E-state index contributed by atoms with van der Waals surface area (Å²) in [4.78, 5) is 29.7. The van der Waals surface area contributed by atoms with Gasteiger partial charge in [0, 0.05) is 42.5 Å². The van der Waals surface area contributed by atoms with E-state index >= 15 is 0 Å². The summed E-state index contributed by atoms with van der Waals surface area (Å²) in [5, 5.41) is 2.48. The number of hydrogen-bond acceptors (Lipinski definition) is 7. The van der Waals surface area contributed by atoms with Crippen LogP contribution in [-0.2, 0) is 6.18 Å². The topological polar surface area (TPSA) is 115 Å². The molecule has 4 rings (SSSR count). The van der Waals surface area contributed by atoms with Crippen molar-refractivity contribution >= 4 is 23.6 Å². The van der Waals surface area contributed by atoms with Crippen LogP contribution in [0.5, 0.6) is 11.6 Å². The number of aryl methyl sites for hydroxylation is 1. The average Bonchev–Trinajstić information content (AvgIpc) is 2.87. The van der Waals surface area contributed by atoms with Crippen molar-refractivity contribution in [2.24, 2.45) is 4.99 Å². The Bertz CT molecular complexity index is 1470. The number of nitrogens with two attached hydrogens (primary N) is 1. The molecule has 0 saturated heterocycles. The number of halogens is 3. The number of aromatic nitrogens is 3. The fourth-order valence-electron chi connectivity index (χ4n) is 3.35. The second kappa shape index (κ2) is 10.4. The second-order valence-corrected chi connectivity index (χ2v) is 7.90. The third-order valence-electron chi connectivity index (χ3n) is 5.22. The number of carbonyl (C=O) groups is 1. The largest absolute Gasteiger partial charge is 0.438 e. The van der Waals surface area contributed by atoms with Crippen LogP contribution in [-0.4, -0.2) is 34.1 Å². The Kier molecular flexibility index (Phi) is 7.14. The minimum atomic E-state index is -4.53. The van der Waals surface area contributed by atoms with Crippen molar-refractivity contribution in [3.63, 3.8) is 0 Å². The van der Waals surface area contributed by atoms with Crippen LogP contribution < -0.4 is 15.8 Å². The van der Waals surface area contributed by atoms with Gasteiger partial charge >= 0.3 is 6.18 Å². The smallest absolute Gasteiger partial charge is 0.416 e. The molecule has 8 nitrogen and oxygen atoms in total. The van der Waals surface area contributed by atoms with Crippen LogP contribution in [0, 0.1) is 6.92 Å². The number of benzene rings is 2. The molecule has 2 aromatic heterocycles. The molecular formula is C26H21F3N6O2. The number of pyridine rings is 1. The Morgan fingerprint density at radius 2 is 1.92 bits per heavy atom. The van der Waals surface area contributed by atoms with Gasteiger partial charge in [0.2, 0.25) is 5.88 Å². The Hall–Kier alpha value is -4.80. The van der Waals surface area contributed by atoms with Crippen LogP contribution in [0.15, 0.2) is 72.0 Å². The van der Waals surface area contributed by atoms with Gasteiger partial charge in [0.1, 0.15) is 11.6 Å². The maximum absolute atomic E-state index is 13.0. The maximum atomic E-state index is 13.0. The predicted molar refractivity (Wildman–Crippen MR) is 134 cm³/mol. The molecule has 0 saturated carbocycles. The molecule has 1 amide bonds. The van der Waals surface area contributed by atoms with Crippen molar-refractivity contribution in [3.05, 3.63) is 89.2 Å². The number of nitrogen functional groups attached to an aromatic ring is 1. The van der Waals surface area contributed by atoms with Gasteiger partial charge in [-0.1, -0.05) is 12.1 Å². The van der Waals surface area contributed by atoms with Gasteiger partial charge in [-0.15, -0.1) is 0 Å². The molecule has 0 aliphatic heterocycles. The van der Waals surface area contributed by atoms with E-state index in [-0.39, 0.29) is 34.5 Å². The lowest BCUT2D eigenvalue weighted by Gasteiger charge is -2.14. The van der Waals surface area contributed by atoms with Crippen molar-refractivity contribution in [3.8, 4) is 23.0 Å². The Morgan fingerprint density at radius 3 is 2.62 bits per heavy atom. The quantitative estimate of drug-likeness (QED) is 0.332. The van der Waals surface area contributed by atoms with Crippen molar-refractivity contribution in [2.75, 3.05) is 18.1 Å². The van der Waals surface area contributed by atoms with Crippen LogP contribution in [0.4, 0.5) is 24.7 Å². The summed E-state index contributed by atoms with van der Waals surface area (Å²) in [6.45, 7) is 1.77. The number of nitrogens with one attached hydrogen (secondary N) is 1. The average molecular weight is 506 g/mol. The molecule has 4 aromatic rings. The van der Waals surface area contributed by atoms with Crippen molar-refractivity contribution < 1.29 is 22.7 Å².